The maximum absolute atomic E-state index is 12.9. The summed E-state index contributed by atoms with van der Waals surface area (Å²) < 4.78 is 5.16. The van der Waals surface area contributed by atoms with E-state index in [0.717, 1.165) is 71.7 Å². The standard InChI is InChI=1S/C22H36N4O2/c1-3-26(21-11-14-25(18-21)17-19-7-5-4-6-8-19)22(27)23-20-9-12-24(13-10-20)15-16-28-2/h4-8,20-21H,3,9-18H2,1-2H3,(H,23,27). The summed E-state index contributed by atoms with van der Waals surface area (Å²) in [5, 5.41) is 3.30. The molecule has 2 aliphatic rings. The van der Waals surface area contributed by atoms with Gasteiger partial charge in [0, 0.05) is 65.0 Å². The highest BCUT2D eigenvalue weighted by molar-refractivity contribution is 5.75. The van der Waals surface area contributed by atoms with Crippen molar-refractivity contribution in [1.29, 1.82) is 0 Å². The van der Waals surface area contributed by atoms with Crippen molar-refractivity contribution >= 4 is 6.03 Å². The van der Waals surface area contributed by atoms with E-state index in [9.17, 15) is 4.79 Å². The van der Waals surface area contributed by atoms with Crippen LogP contribution in [0.3, 0.4) is 0 Å². The number of ether oxygens (including phenoxy) is 1. The van der Waals surface area contributed by atoms with E-state index in [1.807, 2.05) is 4.90 Å². The fraction of sp³-hybridized carbons (Fsp3) is 0.682. The van der Waals surface area contributed by atoms with Crippen LogP contribution in [0.2, 0.25) is 0 Å². The van der Waals surface area contributed by atoms with Crippen LogP contribution in [0.1, 0.15) is 31.7 Å². The highest BCUT2D eigenvalue weighted by Crippen LogP contribution is 2.19. The quantitative estimate of drug-likeness (QED) is 0.743. The minimum Gasteiger partial charge on any atom is -0.383 e. The summed E-state index contributed by atoms with van der Waals surface area (Å²) in [5.74, 6) is 0. The van der Waals surface area contributed by atoms with Gasteiger partial charge in [0.1, 0.15) is 0 Å². The van der Waals surface area contributed by atoms with Gasteiger partial charge in [0.05, 0.1) is 6.61 Å². The van der Waals surface area contributed by atoms with Gasteiger partial charge in [-0.15, -0.1) is 0 Å². The smallest absolute Gasteiger partial charge is 0.317 e. The molecule has 0 saturated carbocycles. The molecule has 0 aliphatic carbocycles. The van der Waals surface area contributed by atoms with Crippen LogP contribution in [-0.4, -0.2) is 85.8 Å². The van der Waals surface area contributed by atoms with Crippen molar-refractivity contribution in [2.75, 3.05) is 53.0 Å². The number of likely N-dealkylation sites (N-methyl/N-ethyl adjacent to an activating group) is 1. The molecule has 2 heterocycles. The van der Waals surface area contributed by atoms with Crippen molar-refractivity contribution in [3.05, 3.63) is 35.9 Å². The Morgan fingerprint density at radius 3 is 2.54 bits per heavy atom. The van der Waals surface area contributed by atoms with Gasteiger partial charge in [-0.1, -0.05) is 30.3 Å². The van der Waals surface area contributed by atoms with E-state index in [1.54, 1.807) is 7.11 Å². The molecular weight excluding hydrogens is 352 g/mol. The third-order valence-corrected chi connectivity index (χ3v) is 6.07. The summed E-state index contributed by atoms with van der Waals surface area (Å²) in [5.41, 5.74) is 1.34. The molecule has 2 fully saturated rings. The van der Waals surface area contributed by atoms with Crippen LogP contribution in [0.4, 0.5) is 4.79 Å². The lowest BCUT2D eigenvalue weighted by Crippen LogP contribution is -2.52. The first-order valence-electron chi connectivity index (χ1n) is 10.7. The number of amides is 2. The maximum atomic E-state index is 12.9. The summed E-state index contributed by atoms with van der Waals surface area (Å²) in [4.78, 5) is 19.8. The minimum absolute atomic E-state index is 0.115. The SMILES string of the molecule is CCN(C(=O)NC1CCN(CCOC)CC1)C1CCN(Cc2ccccc2)C1. The molecular formula is C22H36N4O2. The van der Waals surface area contributed by atoms with Gasteiger partial charge in [-0.2, -0.15) is 0 Å². The highest BCUT2D eigenvalue weighted by atomic mass is 16.5. The number of carbonyl (C=O) groups excluding carboxylic acids is 1. The molecule has 1 atom stereocenters. The van der Waals surface area contributed by atoms with Gasteiger partial charge in [0.25, 0.3) is 0 Å². The predicted octanol–water partition coefficient (Wildman–Crippen LogP) is 2.40. The topological polar surface area (TPSA) is 48.1 Å². The second-order valence-electron chi connectivity index (χ2n) is 8.01. The third-order valence-electron chi connectivity index (χ3n) is 6.07. The summed E-state index contributed by atoms with van der Waals surface area (Å²) in [6.45, 7) is 9.68. The predicted molar refractivity (Wildman–Crippen MR) is 112 cm³/mol. The largest absolute Gasteiger partial charge is 0.383 e. The zero-order valence-electron chi connectivity index (χ0n) is 17.5. The van der Waals surface area contributed by atoms with Gasteiger partial charge in [-0.3, -0.25) is 4.90 Å². The first kappa shape index (κ1) is 21.1. The summed E-state index contributed by atoms with van der Waals surface area (Å²) >= 11 is 0. The number of nitrogens with zero attached hydrogens (tertiary/aromatic N) is 3. The molecule has 1 unspecified atom stereocenters. The lowest BCUT2D eigenvalue weighted by atomic mass is 10.1. The maximum Gasteiger partial charge on any atom is 0.317 e. The molecule has 1 aromatic carbocycles. The monoisotopic (exact) mass is 388 g/mol. The molecule has 6 heteroatoms. The Bertz CT molecular complexity index is 589. The van der Waals surface area contributed by atoms with Gasteiger partial charge < -0.3 is 19.9 Å². The van der Waals surface area contributed by atoms with E-state index in [-0.39, 0.29) is 6.03 Å². The first-order chi connectivity index (χ1) is 13.7. The number of piperidine rings is 1. The number of rotatable bonds is 8. The average molecular weight is 389 g/mol. The third kappa shape index (κ3) is 5.93. The summed E-state index contributed by atoms with van der Waals surface area (Å²) in [6.07, 6.45) is 3.11. The van der Waals surface area contributed by atoms with E-state index >= 15 is 0 Å². The second-order valence-corrected chi connectivity index (χ2v) is 8.01. The Morgan fingerprint density at radius 2 is 1.86 bits per heavy atom. The molecule has 3 rings (SSSR count). The zero-order valence-corrected chi connectivity index (χ0v) is 17.5. The molecule has 0 radical (unpaired) electrons. The Labute approximate surface area is 169 Å². The fourth-order valence-corrected chi connectivity index (χ4v) is 4.40. The lowest BCUT2D eigenvalue weighted by Gasteiger charge is -2.35. The highest BCUT2D eigenvalue weighted by Gasteiger charge is 2.31. The number of hydrogen-bond acceptors (Lipinski definition) is 4. The molecule has 1 aromatic rings. The zero-order chi connectivity index (χ0) is 19.8. The van der Waals surface area contributed by atoms with Crippen LogP contribution in [0.25, 0.3) is 0 Å². The van der Waals surface area contributed by atoms with E-state index in [2.05, 4.69) is 52.4 Å². The molecule has 0 aromatic heterocycles. The number of carbonyl (C=O) groups is 1. The van der Waals surface area contributed by atoms with Gasteiger partial charge in [0.15, 0.2) is 0 Å². The number of benzene rings is 1. The van der Waals surface area contributed by atoms with Crippen molar-refractivity contribution in [2.24, 2.45) is 0 Å². The summed E-state index contributed by atoms with van der Waals surface area (Å²) in [6, 6.07) is 11.3. The van der Waals surface area contributed by atoms with Crippen molar-refractivity contribution in [1.82, 2.24) is 20.0 Å². The minimum atomic E-state index is 0.115. The van der Waals surface area contributed by atoms with Crippen LogP contribution in [0.5, 0.6) is 0 Å². The van der Waals surface area contributed by atoms with Gasteiger partial charge in [0.2, 0.25) is 0 Å². The first-order valence-corrected chi connectivity index (χ1v) is 10.7. The van der Waals surface area contributed by atoms with E-state index < -0.39 is 0 Å². The number of nitrogens with one attached hydrogen (secondary N) is 1. The molecule has 0 bridgehead atoms. The van der Waals surface area contributed by atoms with Gasteiger partial charge in [-0.25, -0.2) is 4.79 Å². The number of urea groups is 1. The molecule has 2 saturated heterocycles. The van der Waals surface area contributed by atoms with Crippen LogP contribution >= 0.6 is 0 Å². The molecule has 6 nitrogen and oxygen atoms in total. The molecule has 156 valence electrons. The normalized spacial score (nSPS) is 21.7. The lowest BCUT2D eigenvalue weighted by molar-refractivity contribution is 0.123. The average Bonchev–Trinajstić information content (AvgIpc) is 3.17. The Kier molecular flexibility index (Phi) is 8.13. The molecule has 28 heavy (non-hydrogen) atoms. The number of hydrogen-bond donors (Lipinski definition) is 1. The van der Waals surface area contributed by atoms with Crippen molar-refractivity contribution in [2.45, 2.75) is 44.8 Å². The Morgan fingerprint density at radius 1 is 1.14 bits per heavy atom. The molecule has 1 N–H and O–H groups in total. The van der Waals surface area contributed by atoms with E-state index in [0.29, 0.717) is 12.1 Å². The van der Waals surface area contributed by atoms with Crippen LogP contribution < -0.4 is 5.32 Å². The van der Waals surface area contributed by atoms with E-state index in [4.69, 9.17) is 4.74 Å². The second kappa shape index (κ2) is 10.8. The van der Waals surface area contributed by atoms with Gasteiger partial charge in [-0.05, 0) is 31.7 Å². The molecule has 2 amide bonds. The molecule has 2 aliphatic heterocycles. The van der Waals surface area contributed by atoms with Crippen LogP contribution in [0, 0.1) is 0 Å². The van der Waals surface area contributed by atoms with Crippen LogP contribution in [-0.2, 0) is 11.3 Å². The van der Waals surface area contributed by atoms with Gasteiger partial charge >= 0.3 is 6.03 Å². The number of likely N-dealkylation sites (tertiary alicyclic amines) is 2. The van der Waals surface area contributed by atoms with Crippen molar-refractivity contribution < 1.29 is 9.53 Å². The van der Waals surface area contributed by atoms with E-state index in [1.165, 1.54) is 5.56 Å². The Balaban J connectivity index is 1.44. The Hall–Kier alpha value is -1.63. The summed E-state index contributed by atoms with van der Waals surface area (Å²) in [7, 11) is 1.75. The van der Waals surface area contributed by atoms with Crippen molar-refractivity contribution in [3.8, 4) is 0 Å². The molecule has 0 spiro atoms. The number of methoxy groups -OCH3 is 1. The fourth-order valence-electron chi connectivity index (χ4n) is 4.40. The van der Waals surface area contributed by atoms with Crippen LogP contribution in [0.15, 0.2) is 30.3 Å². The van der Waals surface area contributed by atoms with Crippen molar-refractivity contribution in [3.63, 3.8) is 0 Å².